The lowest BCUT2D eigenvalue weighted by Crippen LogP contribution is -2.37. The van der Waals surface area contributed by atoms with Crippen LogP contribution in [0.15, 0.2) is 42.5 Å². The number of para-hydroxylation sites is 2. The number of aromatic nitrogens is 2. The molecular weight excluding hydrogens is 375 g/mol. The molecule has 0 saturated heterocycles. The first-order chi connectivity index (χ1) is 12.5. The van der Waals surface area contributed by atoms with E-state index in [1.807, 2.05) is 24.3 Å². The van der Waals surface area contributed by atoms with E-state index in [4.69, 9.17) is 23.2 Å². The molecule has 2 aromatic carbocycles. The first kappa shape index (κ1) is 18.2. The van der Waals surface area contributed by atoms with Gasteiger partial charge >= 0.3 is 0 Å². The Labute approximate surface area is 159 Å². The number of rotatable bonds is 6. The van der Waals surface area contributed by atoms with Crippen LogP contribution in [0.1, 0.15) is 16.2 Å². The second-order valence-electron chi connectivity index (χ2n) is 5.61. The Hall–Kier alpha value is -2.57. The highest BCUT2D eigenvalue weighted by molar-refractivity contribution is 6.36. The van der Waals surface area contributed by atoms with Crippen LogP contribution in [0.5, 0.6) is 0 Å². The Balaban J connectivity index is 1.44. The molecule has 0 saturated carbocycles. The summed E-state index contributed by atoms with van der Waals surface area (Å²) in [5, 5.41) is 5.94. The molecule has 134 valence electrons. The number of hydrogen-bond donors (Lipinski definition) is 3. The minimum Gasteiger partial charge on any atom is -0.354 e. The van der Waals surface area contributed by atoms with Crippen molar-refractivity contribution < 1.29 is 9.59 Å². The zero-order valence-corrected chi connectivity index (χ0v) is 15.2. The zero-order chi connectivity index (χ0) is 18.5. The smallest absolute Gasteiger partial charge is 0.253 e. The number of halogens is 2. The Morgan fingerprint density at radius 3 is 2.65 bits per heavy atom. The number of fused-ring (bicyclic) bond motifs is 1. The molecule has 0 aliphatic carbocycles. The second kappa shape index (κ2) is 8.21. The third-order valence-corrected chi connectivity index (χ3v) is 4.26. The van der Waals surface area contributed by atoms with Gasteiger partial charge in [-0.1, -0.05) is 35.3 Å². The fourth-order valence-electron chi connectivity index (χ4n) is 2.44. The largest absolute Gasteiger partial charge is 0.354 e. The summed E-state index contributed by atoms with van der Waals surface area (Å²) in [6.45, 7) is 0.272. The van der Waals surface area contributed by atoms with E-state index in [0.717, 1.165) is 16.9 Å². The molecule has 1 aromatic heterocycles. The standard InChI is InChI=1S/C18H16Cl2N4O2/c19-11-5-6-12(13(20)9-11)18(26)22-10-17(25)21-8-7-16-23-14-3-1-2-4-15(14)24-16/h1-6,9H,7-8,10H2,(H,21,25)(H,22,26)(H,23,24). The molecule has 0 aliphatic heterocycles. The average molecular weight is 391 g/mol. The highest BCUT2D eigenvalue weighted by Gasteiger charge is 2.12. The van der Waals surface area contributed by atoms with E-state index in [1.165, 1.54) is 12.1 Å². The summed E-state index contributed by atoms with van der Waals surface area (Å²) in [7, 11) is 0. The maximum absolute atomic E-state index is 12.0. The molecule has 0 fully saturated rings. The zero-order valence-electron chi connectivity index (χ0n) is 13.7. The summed E-state index contributed by atoms with van der Waals surface area (Å²) in [5.41, 5.74) is 2.12. The lowest BCUT2D eigenvalue weighted by molar-refractivity contribution is -0.120. The number of H-pyrrole nitrogens is 1. The van der Waals surface area contributed by atoms with Crippen LogP contribution in [-0.4, -0.2) is 34.9 Å². The van der Waals surface area contributed by atoms with Crippen molar-refractivity contribution in [3.05, 3.63) is 63.9 Å². The molecule has 3 aromatic rings. The van der Waals surface area contributed by atoms with Crippen LogP contribution in [0, 0.1) is 0 Å². The number of nitrogens with one attached hydrogen (secondary N) is 3. The van der Waals surface area contributed by atoms with Crippen LogP contribution in [0.4, 0.5) is 0 Å². The molecule has 1 heterocycles. The van der Waals surface area contributed by atoms with Gasteiger partial charge in [0.05, 0.1) is 28.2 Å². The van der Waals surface area contributed by atoms with Gasteiger partial charge in [0.25, 0.3) is 5.91 Å². The summed E-state index contributed by atoms with van der Waals surface area (Å²) in [6.07, 6.45) is 0.567. The van der Waals surface area contributed by atoms with E-state index in [1.54, 1.807) is 6.07 Å². The number of imidazole rings is 1. The number of amides is 2. The molecule has 0 radical (unpaired) electrons. The Kier molecular flexibility index (Phi) is 5.75. The van der Waals surface area contributed by atoms with Gasteiger partial charge in [0.2, 0.25) is 5.91 Å². The van der Waals surface area contributed by atoms with Crippen LogP contribution >= 0.6 is 23.2 Å². The first-order valence-corrected chi connectivity index (χ1v) is 8.72. The number of benzene rings is 2. The third kappa shape index (κ3) is 4.53. The SMILES string of the molecule is O=C(CNC(=O)c1ccc(Cl)cc1Cl)NCCc1nc2ccccc2[nH]1. The lowest BCUT2D eigenvalue weighted by atomic mass is 10.2. The summed E-state index contributed by atoms with van der Waals surface area (Å²) in [5.74, 6) is 0.0714. The molecule has 2 amide bonds. The number of carbonyl (C=O) groups is 2. The van der Waals surface area contributed by atoms with Crippen molar-refractivity contribution >= 4 is 46.0 Å². The van der Waals surface area contributed by atoms with E-state index in [2.05, 4.69) is 20.6 Å². The highest BCUT2D eigenvalue weighted by Crippen LogP contribution is 2.20. The fourth-order valence-corrected chi connectivity index (χ4v) is 2.93. The van der Waals surface area contributed by atoms with E-state index in [-0.39, 0.29) is 23.0 Å². The second-order valence-corrected chi connectivity index (χ2v) is 6.45. The van der Waals surface area contributed by atoms with Crippen LogP contribution in [-0.2, 0) is 11.2 Å². The fraction of sp³-hybridized carbons (Fsp3) is 0.167. The van der Waals surface area contributed by atoms with Crippen molar-refractivity contribution in [3.8, 4) is 0 Å². The van der Waals surface area contributed by atoms with Gasteiger partial charge < -0.3 is 15.6 Å². The number of carbonyl (C=O) groups excluding carboxylic acids is 2. The average Bonchev–Trinajstić information content (AvgIpc) is 3.02. The van der Waals surface area contributed by atoms with Gasteiger partial charge in [0, 0.05) is 18.0 Å². The Bertz CT molecular complexity index is 922. The molecule has 0 aliphatic rings. The minimum absolute atomic E-state index is 0.141. The monoisotopic (exact) mass is 390 g/mol. The van der Waals surface area contributed by atoms with Crippen molar-refractivity contribution in [2.45, 2.75) is 6.42 Å². The summed E-state index contributed by atoms with van der Waals surface area (Å²) in [4.78, 5) is 31.5. The number of nitrogens with zero attached hydrogens (tertiary/aromatic N) is 1. The number of hydrogen-bond acceptors (Lipinski definition) is 3. The van der Waals surface area contributed by atoms with Crippen LogP contribution in [0.25, 0.3) is 11.0 Å². The van der Waals surface area contributed by atoms with E-state index in [9.17, 15) is 9.59 Å². The lowest BCUT2D eigenvalue weighted by Gasteiger charge is -2.07. The Morgan fingerprint density at radius 1 is 1.08 bits per heavy atom. The predicted molar refractivity (Wildman–Crippen MR) is 102 cm³/mol. The molecule has 6 nitrogen and oxygen atoms in total. The van der Waals surface area contributed by atoms with Crippen molar-refractivity contribution in [3.63, 3.8) is 0 Å². The van der Waals surface area contributed by atoms with E-state index in [0.29, 0.717) is 18.0 Å². The van der Waals surface area contributed by atoms with E-state index >= 15 is 0 Å². The van der Waals surface area contributed by atoms with E-state index < -0.39 is 5.91 Å². The highest BCUT2D eigenvalue weighted by atomic mass is 35.5. The summed E-state index contributed by atoms with van der Waals surface area (Å²) >= 11 is 11.8. The molecule has 8 heteroatoms. The molecule has 3 N–H and O–H groups in total. The molecule has 0 unspecified atom stereocenters. The first-order valence-electron chi connectivity index (χ1n) is 7.96. The predicted octanol–water partition coefficient (Wildman–Crippen LogP) is 2.96. The topological polar surface area (TPSA) is 86.9 Å². The van der Waals surface area contributed by atoms with Gasteiger partial charge in [-0.15, -0.1) is 0 Å². The minimum atomic E-state index is -0.431. The summed E-state index contributed by atoms with van der Waals surface area (Å²) in [6, 6.07) is 12.3. The van der Waals surface area contributed by atoms with Gasteiger partial charge in [-0.05, 0) is 30.3 Å². The van der Waals surface area contributed by atoms with Gasteiger partial charge in [-0.3, -0.25) is 9.59 Å². The molecule has 26 heavy (non-hydrogen) atoms. The molecule has 3 rings (SSSR count). The molecular formula is C18H16Cl2N4O2. The Morgan fingerprint density at radius 2 is 1.88 bits per heavy atom. The van der Waals surface area contributed by atoms with Gasteiger partial charge in [0.1, 0.15) is 5.82 Å². The van der Waals surface area contributed by atoms with Gasteiger partial charge in [0.15, 0.2) is 0 Å². The van der Waals surface area contributed by atoms with Crippen LogP contribution in [0.3, 0.4) is 0 Å². The van der Waals surface area contributed by atoms with Gasteiger partial charge in [-0.2, -0.15) is 0 Å². The van der Waals surface area contributed by atoms with Crippen molar-refractivity contribution in [1.29, 1.82) is 0 Å². The van der Waals surface area contributed by atoms with Crippen LogP contribution in [0.2, 0.25) is 10.0 Å². The van der Waals surface area contributed by atoms with Gasteiger partial charge in [-0.25, -0.2) is 4.98 Å². The maximum Gasteiger partial charge on any atom is 0.253 e. The quantitative estimate of drug-likeness (QED) is 0.604. The molecule has 0 spiro atoms. The van der Waals surface area contributed by atoms with Crippen molar-refractivity contribution in [2.75, 3.05) is 13.1 Å². The third-order valence-electron chi connectivity index (χ3n) is 3.71. The normalized spacial score (nSPS) is 10.7. The van der Waals surface area contributed by atoms with Crippen LogP contribution < -0.4 is 10.6 Å². The maximum atomic E-state index is 12.0. The van der Waals surface area contributed by atoms with Crippen molar-refractivity contribution in [2.24, 2.45) is 0 Å². The molecule has 0 bridgehead atoms. The number of aromatic amines is 1. The molecule has 0 atom stereocenters. The summed E-state index contributed by atoms with van der Waals surface area (Å²) < 4.78 is 0. The van der Waals surface area contributed by atoms with Crippen molar-refractivity contribution in [1.82, 2.24) is 20.6 Å².